The molecule has 1 aliphatic heterocycles. The molecule has 4 heteroatoms. The van der Waals surface area contributed by atoms with Crippen molar-refractivity contribution in [1.29, 1.82) is 0 Å². The summed E-state index contributed by atoms with van der Waals surface area (Å²) in [4.78, 5) is 10.6. The first-order valence-electron chi connectivity index (χ1n) is 4.24. The van der Waals surface area contributed by atoms with Crippen molar-refractivity contribution < 1.29 is 19.7 Å². The summed E-state index contributed by atoms with van der Waals surface area (Å²) in [5.74, 6) is 0.0183. The van der Waals surface area contributed by atoms with Crippen molar-refractivity contribution in [3.63, 3.8) is 0 Å². The van der Waals surface area contributed by atoms with E-state index in [9.17, 15) is 4.79 Å². The van der Waals surface area contributed by atoms with Gasteiger partial charge in [0.25, 0.3) is 0 Å². The van der Waals surface area contributed by atoms with Crippen LogP contribution < -0.4 is 0 Å². The lowest BCUT2D eigenvalue weighted by molar-refractivity contribution is -0.132. The Morgan fingerprint density at radius 1 is 1.43 bits per heavy atom. The molecule has 0 fully saturated rings. The van der Waals surface area contributed by atoms with Crippen LogP contribution in [0.2, 0.25) is 0 Å². The third kappa shape index (κ3) is 3.16. The fourth-order valence-electron chi connectivity index (χ4n) is 0.849. The lowest BCUT2D eigenvalue weighted by Gasteiger charge is -2.06. The number of aliphatic hydroxyl groups is 2. The number of rotatable bonds is 3. The molecule has 0 radical (unpaired) electrons. The standard InChI is InChI=1S/C10H12O4/c1-7(11)9(12)4-2-3-8-5-6-10(13)14-8/h2-7,9,11-12H,1H3/b4-2+,8-3-/t7-,9-/m0/s1. The van der Waals surface area contributed by atoms with Gasteiger partial charge in [0.15, 0.2) is 0 Å². The van der Waals surface area contributed by atoms with Crippen LogP contribution in [-0.4, -0.2) is 28.4 Å². The van der Waals surface area contributed by atoms with Crippen LogP contribution in [0.1, 0.15) is 6.92 Å². The Bertz CT molecular complexity index is 299. The molecule has 0 aromatic rings. The maximum absolute atomic E-state index is 10.6. The van der Waals surface area contributed by atoms with Gasteiger partial charge in [-0.05, 0) is 19.1 Å². The second-order valence-electron chi connectivity index (χ2n) is 2.94. The molecule has 0 amide bonds. The summed E-state index contributed by atoms with van der Waals surface area (Å²) in [6.07, 6.45) is 5.59. The van der Waals surface area contributed by atoms with Gasteiger partial charge in [-0.3, -0.25) is 0 Å². The second-order valence-corrected chi connectivity index (χ2v) is 2.94. The van der Waals surface area contributed by atoms with Crippen LogP contribution in [-0.2, 0) is 9.53 Å². The first-order chi connectivity index (χ1) is 6.59. The van der Waals surface area contributed by atoms with Gasteiger partial charge in [0.1, 0.15) is 5.76 Å². The molecule has 2 N–H and O–H groups in total. The van der Waals surface area contributed by atoms with Gasteiger partial charge in [0.2, 0.25) is 0 Å². The first-order valence-corrected chi connectivity index (χ1v) is 4.24. The molecule has 1 rings (SSSR count). The minimum Gasteiger partial charge on any atom is -0.423 e. The molecule has 0 saturated carbocycles. The Labute approximate surface area is 81.8 Å². The van der Waals surface area contributed by atoms with E-state index in [4.69, 9.17) is 14.9 Å². The van der Waals surface area contributed by atoms with Crippen LogP contribution in [0, 0.1) is 0 Å². The molecule has 0 spiro atoms. The van der Waals surface area contributed by atoms with Crippen molar-refractivity contribution in [3.05, 3.63) is 36.1 Å². The molecule has 0 unspecified atom stereocenters. The van der Waals surface area contributed by atoms with Gasteiger partial charge in [-0.1, -0.05) is 12.2 Å². The summed E-state index contributed by atoms with van der Waals surface area (Å²) in [5.41, 5.74) is 0. The zero-order valence-corrected chi connectivity index (χ0v) is 7.75. The van der Waals surface area contributed by atoms with E-state index in [0.29, 0.717) is 5.76 Å². The third-order valence-electron chi connectivity index (χ3n) is 1.67. The Morgan fingerprint density at radius 2 is 2.14 bits per heavy atom. The highest BCUT2D eigenvalue weighted by atomic mass is 16.5. The zero-order chi connectivity index (χ0) is 10.6. The van der Waals surface area contributed by atoms with Crippen molar-refractivity contribution in [2.45, 2.75) is 19.1 Å². The SMILES string of the molecule is C[C@H](O)[C@@H](O)/C=C/C=C1/C=CC(=O)O1. The highest BCUT2D eigenvalue weighted by molar-refractivity contribution is 5.86. The van der Waals surface area contributed by atoms with Crippen molar-refractivity contribution in [3.8, 4) is 0 Å². The smallest absolute Gasteiger partial charge is 0.336 e. The van der Waals surface area contributed by atoms with Crippen molar-refractivity contribution in [2.75, 3.05) is 0 Å². The van der Waals surface area contributed by atoms with E-state index >= 15 is 0 Å². The normalized spacial score (nSPS) is 23.1. The second kappa shape index (κ2) is 4.74. The summed E-state index contributed by atoms with van der Waals surface area (Å²) >= 11 is 0. The number of cyclic esters (lactones) is 1. The predicted molar refractivity (Wildman–Crippen MR) is 50.1 cm³/mol. The van der Waals surface area contributed by atoms with Gasteiger partial charge in [0.05, 0.1) is 12.2 Å². The molecule has 76 valence electrons. The van der Waals surface area contributed by atoms with Crippen LogP contribution in [0.3, 0.4) is 0 Å². The largest absolute Gasteiger partial charge is 0.423 e. The molecule has 0 bridgehead atoms. The molecule has 0 saturated heterocycles. The van der Waals surface area contributed by atoms with E-state index in [1.807, 2.05) is 0 Å². The molecular weight excluding hydrogens is 184 g/mol. The van der Waals surface area contributed by atoms with Gasteiger partial charge in [0, 0.05) is 6.08 Å². The fourth-order valence-corrected chi connectivity index (χ4v) is 0.849. The number of allylic oxidation sites excluding steroid dienone is 3. The Morgan fingerprint density at radius 3 is 2.64 bits per heavy atom. The Kier molecular flexibility index (Phi) is 3.62. The van der Waals surface area contributed by atoms with Crippen LogP contribution in [0.15, 0.2) is 36.1 Å². The number of aliphatic hydroxyl groups excluding tert-OH is 2. The molecule has 14 heavy (non-hydrogen) atoms. The topological polar surface area (TPSA) is 66.8 Å². The molecule has 1 heterocycles. The summed E-state index contributed by atoms with van der Waals surface area (Å²) in [5, 5.41) is 18.1. The molecular formula is C10H12O4. The van der Waals surface area contributed by atoms with Crippen molar-refractivity contribution in [2.24, 2.45) is 0 Å². The van der Waals surface area contributed by atoms with E-state index in [1.54, 1.807) is 0 Å². The summed E-state index contributed by atoms with van der Waals surface area (Å²) in [6.45, 7) is 1.48. The van der Waals surface area contributed by atoms with Crippen molar-refractivity contribution in [1.82, 2.24) is 0 Å². The molecule has 2 atom stereocenters. The average molecular weight is 196 g/mol. The van der Waals surface area contributed by atoms with Crippen molar-refractivity contribution >= 4 is 5.97 Å². The van der Waals surface area contributed by atoms with Gasteiger partial charge in [-0.25, -0.2) is 4.79 Å². The van der Waals surface area contributed by atoms with Gasteiger partial charge in [-0.2, -0.15) is 0 Å². The van der Waals surface area contributed by atoms with E-state index < -0.39 is 18.2 Å². The van der Waals surface area contributed by atoms with E-state index in [0.717, 1.165) is 0 Å². The van der Waals surface area contributed by atoms with Gasteiger partial charge < -0.3 is 14.9 Å². The Hall–Kier alpha value is -1.39. The van der Waals surface area contributed by atoms with E-state index in [-0.39, 0.29) is 0 Å². The highest BCUT2D eigenvalue weighted by Crippen LogP contribution is 2.08. The minimum absolute atomic E-state index is 0.402. The van der Waals surface area contributed by atoms with Crippen LogP contribution in [0.4, 0.5) is 0 Å². The molecule has 0 aromatic heterocycles. The molecule has 4 nitrogen and oxygen atoms in total. The third-order valence-corrected chi connectivity index (χ3v) is 1.67. The molecule has 0 aliphatic carbocycles. The van der Waals surface area contributed by atoms with Gasteiger partial charge in [-0.15, -0.1) is 0 Å². The van der Waals surface area contributed by atoms with Crippen LogP contribution in [0.5, 0.6) is 0 Å². The lowest BCUT2D eigenvalue weighted by atomic mass is 10.2. The quantitative estimate of drug-likeness (QED) is 0.636. The maximum atomic E-state index is 10.6. The van der Waals surface area contributed by atoms with Crippen LogP contribution >= 0.6 is 0 Å². The number of hydrogen-bond donors (Lipinski definition) is 2. The fraction of sp³-hybridized carbons (Fsp3) is 0.300. The number of ether oxygens (including phenoxy) is 1. The first kappa shape index (κ1) is 10.7. The van der Waals surface area contributed by atoms with Crippen LogP contribution in [0.25, 0.3) is 0 Å². The van der Waals surface area contributed by atoms with E-state index in [2.05, 4.69) is 0 Å². The number of carbonyl (C=O) groups excluding carboxylic acids is 1. The maximum Gasteiger partial charge on any atom is 0.336 e. The Balaban J connectivity index is 2.47. The highest BCUT2D eigenvalue weighted by Gasteiger charge is 2.08. The molecule has 0 aromatic carbocycles. The summed E-state index contributed by atoms with van der Waals surface area (Å²) in [7, 11) is 0. The summed E-state index contributed by atoms with van der Waals surface area (Å²) in [6, 6.07) is 0. The lowest BCUT2D eigenvalue weighted by Crippen LogP contribution is -2.19. The zero-order valence-electron chi connectivity index (χ0n) is 7.75. The summed E-state index contributed by atoms with van der Waals surface area (Å²) < 4.78 is 4.72. The van der Waals surface area contributed by atoms with Gasteiger partial charge >= 0.3 is 5.97 Å². The number of hydrogen-bond acceptors (Lipinski definition) is 4. The predicted octanol–water partition coefficient (Wildman–Crippen LogP) is 0.281. The number of carbonyl (C=O) groups is 1. The average Bonchev–Trinajstić information content (AvgIpc) is 2.51. The number of esters is 1. The minimum atomic E-state index is -0.909. The molecule has 1 aliphatic rings. The monoisotopic (exact) mass is 196 g/mol. The van der Waals surface area contributed by atoms with E-state index in [1.165, 1.54) is 37.3 Å².